The number of hydrogen-bond donors (Lipinski definition) is 0. The van der Waals surface area contributed by atoms with E-state index in [1.165, 1.54) is 17.5 Å². The van der Waals surface area contributed by atoms with Crippen LogP contribution in [0, 0.1) is 6.92 Å². The summed E-state index contributed by atoms with van der Waals surface area (Å²) in [6.07, 6.45) is 1.52. The van der Waals surface area contributed by atoms with E-state index in [0.717, 1.165) is 5.56 Å². The predicted octanol–water partition coefficient (Wildman–Crippen LogP) is 4.04. The first-order valence-corrected chi connectivity index (χ1v) is 8.76. The van der Waals surface area contributed by atoms with Crippen molar-refractivity contribution in [3.05, 3.63) is 65.7 Å². The second kappa shape index (κ2) is 7.06. The van der Waals surface area contributed by atoms with Gasteiger partial charge >= 0.3 is 0 Å². The molecule has 0 heterocycles. The number of hydrogen-bond acceptors (Lipinski definition) is 3. The monoisotopic (exact) mass is 351 g/mol. The molecular formula is C17H18ClNO3S. The third-order valence-electron chi connectivity index (χ3n) is 3.31. The number of halogens is 1. The topological polar surface area (TPSA) is 46.6 Å². The number of sulfonamides is 1. The summed E-state index contributed by atoms with van der Waals surface area (Å²) < 4.78 is 32.5. The Morgan fingerprint density at radius 3 is 2.43 bits per heavy atom. The van der Waals surface area contributed by atoms with Crippen LogP contribution in [0.15, 0.2) is 60.0 Å². The van der Waals surface area contributed by atoms with Crippen LogP contribution < -0.4 is 9.04 Å². The molecule has 0 aliphatic rings. The van der Waals surface area contributed by atoms with E-state index in [2.05, 4.69) is 6.58 Å². The van der Waals surface area contributed by atoms with Gasteiger partial charge in [0.2, 0.25) is 0 Å². The summed E-state index contributed by atoms with van der Waals surface area (Å²) in [7, 11) is -2.28. The zero-order valence-electron chi connectivity index (χ0n) is 13.0. The van der Waals surface area contributed by atoms with Gasteiger partial charge in [0.15, 0.2) is 0 Å². The smallest absolute Gasteiger partial charge is 0.264 e. The Kier molecular flexibility index (Phi) is 5.34. The van der Waals surface area contributed by atoms with Crippen LogP contribution >= 0.6 is 11.6 Å². The fourth-order valence-corrected chi connectivity index (χ4v) is 3.74. The van der Waals surface area contributed by atoms with Gasteiger partial charge in [-0.15, -0.1) is 6.58 Å². The van der Waals surface area contributed by atoms with E-state index in [9.17, 15) is 8.42 Å². The number of nitrogens with zero attached hydrogens (tertiary/aromatic N) is 1. The van der Waals surface area contributed by atoms with Gasteiger partial charge in [-0.2, -0.15) is 0 Å². The molecule has 0 amide bonds. The molecule has 2 aromatic carbocycles. The van der Waals surface area contributed by atoms with Crippen molar-refractivity contribution in [2.24, 2.45) is 0 Å². The van der Waals surface area contributed by atoms with E-state index in [4.69, 9.17) is 16.3 Å². The lowest BCUT2D eigenvalue weighted by Crippen LogP contribution is -2.31. The molecule has 0 atom stereocenters. The van der Waals surface area contributed by atoms with Crippen LogP contribution in [-0.4, -0.2) is 22.1 Å². The first-order chi connectivity index (χ1) is 10.9. The van der Waals surface area contributed by atoms with Gasteiger partial charge in [0.1, 0.15) is 5.75 Å². The van der Waals surface area contributed by atoms with Crippen LogP contribution in [0.5, 0.6) is 5.75 Å². The van der Waals surface area contributed by atoms with Crippen LogP contribution in [-0.2, 0) is 10.0 Å². The molecule has 4 nitrogen and oxygen atoms in total. The Hall–Kier alpha value is -1.98. The van der Waals surface area contributed by atoms with E-state index in [-0.39, 0.29) is 11.4 Å². The van der Waals surface area contributed by atoms with E-state index in [1.54, 1.807) is 42.5 Å². The Bertz CT molecular complexity index is 801. The molecule has 0 saturated heterocycles. The van der Waals surface area contributed by atoms with Gasteiger partial charge in [0.05, 0.1) is 24.2 Å². The standard InChI is InChI=1S/C17H18ClNO3S/c1-4-11-19(16-12-14(18)7-10-17(16)22-3)23(20,21)15-8-5-13(2)6-9-15/h4-10,12H,1,11H2,2-3H3. The van der Waals surface area contributed by atoms with E-state index in [1.807, 2.05) is 6.92 Å². The van der Waals surface area contributed by atoms with Gasteiger partial charge in [-0.05, 0) is 37.3 Å². The number of ether oxygens (including phenoxy) is 1. The molecule has 122 valence electrons. The summed E-state index contributed by atoms with van der Waals surface area (Å²) in [5.41, 5.74) is 1.36. The Balaban J connectivity index is 2.60. The van der Waals surface area contributed by atoms with E-state index in [0.29, 0.717) is 16.5 Å². The van der Waals surface area contributed by atoms with E-state index >= 15 is 0 Å². The van der Waals surface area contributed by atoms with Gasteiger partial charge < -0.3 is 4.74 Å². The van der Waals surface area contributed by atoms with Crippen LogP contribution in [0.1, 0.15) is 5.56 Å². The highest BCUT2D eigenvalue weighted by Crippen LogP contribution is 2.34. The van der Waals surface area contributed by atoms with Crippen molar-refractivity contribution in [1.29, 1.82) is 0 Å². The summed E-state index contributed by atoms with van der Waals surface area (Å²) in [5, 5.41) is 0.425. The Labute approximate surface area is 142 Å². The number of methoxy groups -OCH3 is 1. The minimum atomic E-state index is -3.76. The van der Waals surface area contributed by atoms with Crippen LogP contribution in [0.4, 0.5) is 5.69 Å². The minimum absolute atomic E-state index is 0.104. The van der Waals surface area contributed by atoms with Crippen molar-refractivity contribution in [1.82, 2.24) is 0 Å². The fourth-order valence-electron chi connectivity index (χ4n) is 2.14. The van der Waals surface area contributed by atoms with Gasteiger partial charge in [-0.25, -0.2) is 8.42 Å². The minimum Gasteiger partial charge on any atom is -0.495 e. The maximum absolute atomic E-state index is 13.0. The largest absolute Gasteiger partial charge is 0.495 e. The van der Waals surface area contributed by atoms with E-state index < -0.39 is 10.0 Å². The summed E-state index contributed by atoms with van der Waals surface area (Å²) in [4.78, 5) is 0.201. The average molecular weight is 352 g/mol. The highest BCUT2D eigenvalue weighted by Gasteiger charge is 2.26. The lowest BCUT2D eigenvalue weighted by atomic mass is 10.2. The first kappa shape index (κ1) is 17.4. The first-order valence-electron chi connectivity index (χ1n) is 6.94. The van der Waals surface area contributed by atoms with Crippen LogP contribution in [0.2, 0.25) is 5.02 Å². The molecule has 0 aliphatic heterocycles. The van der Waals surface area contributed by atoms with Gasteiger partial charge in [0.25, 0.3) is 10.0 Å². The third-order valence-corrected chi connectivity index (χ3v) is 5.34. The molecule has 23 heavy (non-hydrogen) atoms. The molecule has 0 N–H and O–H groups in total. The molecule has 6 heteroatoms. The average Bonchev–Trinajstić information content (AvgIpc) is 2.53. The van der Waals surface area contributed by atoms with Crippen molar-refractivity contribution in [3.63, 3.8) is 0 Å². The second-order valence-electron chi connectivity index (χ2n) is 4.95. The molecule has 0 spiro atoms. The highest BCUT2D eigenvalue weighted by atomic mass is 35.5. The molecule has 0 aromatic heterocycles. The number of anilines is 1. The Morgan fingerprint density at radius 1 is 1.22 bits per heavy atom. The molecule has 0 aliphatic carbocycles. The van der Waals surface area contributed by atoms with Crippen molar-refractivity contribution in [2.75, 3.05) is 18.0 Å². The quantitative estimate of drug-likeness (QED) is 0.738. The maximum Gasteiger partial charge on any atom is 0.264 e. The summed E-state index contributed by atoms with van der Waals surface area (Å²) in [6, 6.07) is 11.5. The normalized spacial score (nSPS) is 11.1. The molecule has 0 bridgehead atoms. The maximum atomic E-state index is 13.0. The van der Waals surface area contributed by atoms with Crippen LogP contribution in [0.25, 0.3) is 0 Å². The van der Waals surface area contributed by atoms with Gasteiger partial charge in [-0.3, -0.25) is 4.31 Å². The molecule has 2 rings (SSSR count). The zero-order valence-corrected chi connectivity index (χ0v) is 14.6. The zero-order chi connectivity index (χ0) is 17.0. The summed E-state index contributed by atoms with van der Waals surface area (Å²) >= 11 is 6.03. The molecule has 0 fully saturated rings. The summed E-state index contributed by atoms with van der Waals surface area (Å²) in [6.45, 7) is 5.65. The highest BCUT2D eigenvalue weighted by molar-refractivity contribution is 7.92. The van der Waals surface area contributed by atoms with Gasteiger partial charge in [-0.1, -0.05) is 35.4 Å². The van der Waals surface area contributed by atoms with Crippen molar-refractivity contribution >= 4 is 27.3 Å². The molecular weight excluding hydrogens is 334 g/mol. The predicted molar refractivity (Wildman–Crippen MR) is 93.9 cm³/mol. The van der Waals surface area contributed by atoms with Crippen molar-refractivity contribution in [2.45, 2.75) is 11.8 Å². The second-order valence-corrected chi connectivity index (χ2v) is 7.25. The van der Waals surface area contributed by atoms with Crippen LogP contribution in [0.3, 0.4) is 0 Å². The van der Waals surface area contributed by atoms with Gasteiger partial charge in [0, 0.05) is 5.02 Å². The van der Waals surface area contributed by atoms with Crippen molar-refractivity contribution < 1.29 is 13.2 Å². The number of rotatable bonds is 6. The number of aryl methyl sites for hydroxylation is 1. The molecule has 0 unspecified atom stereocenters. The summed E-state index contributed by atoms with van der Waals surface area (Å²) in [5.74, 6) is 0.423. The molecule has 0 saturated carbocycles. The molecule has 0 radical (unpaired) electrons. The Morgan fingerprint density at radius 2 is 1.87 bits per heavy atom. The SMILES string of the molecule is C=CCN(c1cc(Cl)ccc1OC)S(=O)(=O)c1ccc(C)cc1. The lowest BCUT2D eigenvalue weighted by molar-refractivity contribution is 0.415. The number of benzene rings is 2. The lowest BCUT2D eigenvalue weighted by Gasteiger charge is -2.25. The third kappa shape index (κ3) is 3.68. The fraction of sp³-hybridized carbons (Fsp3) is 0.176. The van der Waals surface area contributed by atoms with Crippen molar-refractivity contribution in [3.8, 4) is 5.75 Å². The molecule has 2 aromatic rings.